The van der Waals surface area contributed by atoms with Gasteiger partial charge in [0.1, 0.15) is 12.0 Å². The minimum absolute atomic E-state index is 0.127. The van der Waals surface area contributed by atoms with Crippen molar-refractivity contribution in [2.24, 2.45) is 0 Å². The Labute approximate surface area is 129 Å². The van der Waals surface area contributed by atoms with Gasteiger partial charge >= 0.3 is 0 Å². The molecule has 0 aromatic heterocycles. The zero-order chi connectivity index (χ0) is 16.3. The molecule has 0 unspecified atom stereocenters. The van der Waals surface area contributed by atoms with Crippen molar-refractivity contribution in [2.45, 2.75) is 78.1 Å². The van der Waals surface area contributed by atoms with Crippen LogP contribution in [0.5, 0.6) is 5.75 Å². The third-order valence-corrected chi connectivity index (χ3v) is 4.77. The molecule has 0 bridgehead atoms. The number of carbonyl (C=O) groups excluding carboxylic acids is 1. The minimum atomic E-state index is -0.140. The van der Waals surface area contributed by atoms with E-state index in [9.17, 15) is 9.90 Å². The molecule has 1 rings (SSSR count). The van der Waals surface area contributed by atoms with Crippen molar-refractivity contribution in [3.63, 3.8) is 0 Å². The summed E-state index contributed by atoms with van der Waals surface area (Å²) in [6, 6.07) is 3.69. The summed E-state index contributed by atoms with van der Waals surface area (Å²) in [6.45, 7) is 12.8. The van der Waals surface area contributed by atoms with Crippen molar-refractivity contribution in [1.82, 2.24) is 0 Å². The van der Waals surface area contributed by atoms with Gasteiger partial charge in [-0.25, -0.2) is 0 Å². The molecule has 0 atom stereocenters. The van der Waals surface area contributed by atoms with E-state index < -0.39 is 0 Å². The highest BCUT2D eigenvalue weighted by Gasteiger charge is 2.30. The molecule has 1 N–H and O–H groups in total. The highest BCUT2D eigenvalue weighted by molar-refractivity contribution is 5.77. The number of hydrogen-bond acceptors (Lipinski definition) is 2. The van der Waals surface area contributed by atoms with Crippen LogP contribution in [0.15, 0.2) is 12.1 Å². The van der Waals surface area contributed by atoms with Crippen molar-refractivity contribution in [2.75, 3.05) is 0 Å². The first-order chi connectivity index (χ1) is 9.69. The number of hydrogen-bond donors (Lipinski definition) is 1. The summed E-state index contributed by atoms with van der Waals surface area (Å²) in [5.41, 5.74) is 2.17. The highest BCUT2D eigenvalue weighted by Crippen LogP contribution is 2.42. The molecule has 1 aromatic rings. The smallest absolute Gasteiger partial charge is 0.150 e. The minimum Gasteiger partial charge on any atom is -0.507 e. The molecule has 0 aliphatic rings. The van der Waals surface area contributed by atoms with Crippen LogP contribution in [0.25, 0.3) is 0 Å². The van der Waals surface area contributed by atoms with Gasteiger partial charge in [0.05, 0.1) is 0 Å². The summed E-state index contributed by atoms with van der Waals surface area (Å²) >= 11 is 0. The topological polar surface area (TPSA) is 37.3 Å². The average Bonchev–Trinajstić information content (AvgIpc) is 2.45. The van der Waals surface area contributed by atoms with E-state index in [0.29, 0.717) is 11.3 Å². The van der Waals surface area contributed by atoms with Gasteiger partial charge in [-0.3, -0.25) is 4.79 Å². The number of phenolic OH excluding ortho intramolecular Hbond substituents is 1. The largest absolute Gasteiger partial charge is 0.507 e. The van der Waals surface area contributed by atoms with Gasteiger partial charge in [0, 0.05) is 16.7 Å². The fraction of sp³-hybridized carbons (Fsp3) is 0.632. The number of phenols is 1. The Morgan fingerprint density at radius 3 is 2.00 bits per heavy atom. The monoisotopic (exact) mass is 290 g/mol. The summed E-state index contributed by atoms with van der Waals surface area (Å²) in [5, 5.41) is 10.8. The van der Waals surface area contributed by atoms with E-state index in [4.69, 9.17) is 0 Å². The van der Waals surface area contributed by atoms with Gasteiger partial charge in [-0.2, -0.15) is 0 Å². The van der Waals surface area contributed by atoms with E-state index in [-0.39, 0.29) is 10.8 Å². The zero-order valence-corrected chi connectivity index (χ0v) is 14.4. The lowest BCUT2D eigenvalue weighted by Gasteiger charge is -2.31. The lowest BCUT2D eigenvalue weighted by molar-refractivity contribution is 0.112. The normalized spacial score (nSPS) is 12.5. The zero-order valence-electron chi connectivity index (χ0n) is 14.4. The molecule has 1 aromatic carbocycles. The Balaban J connectivity index is 3.46. The van der Waals surface area contributed by atoms with Gasteiger partial charge in [0.25, 0.3) is 0 Å². The molecule has 2 heteroatoms. The molecule has 0 amide bonds. The Hall–Kier alpha value is -1.31. The van der Waals surface area contributed by atoms with Crippen molar-refractivity contribution in [1.29, 1.82) is 0 Å². The summed E-state index contributed by atoms with van der Waals surface area (Å²) in [4.78, 5) is 11.3. The fourth-order valence-corrected chi connectivity index (χ4v) is 2.70. The van der Waals surface area contributed by atoms with Crippen LogP contribution in [0.3, 0.4) is 0 Å². The summed E-state index contributed by atoms with van der Waals surface area (Å²) in [7, 11) is 0. The second-order valence-corrected chi connectivity index (χ2v) is 7.31. The van der Waals surface area contributed by atoms with Gasteiger partial charge in [-0.05, 0) is 35.8 Å². The second kappa shape index (κ2) is 6.64. The number of unbranched alkanes of at least 4 members (excludes halogenated alkanes) is 1. The molecule has 0 aliphatic carbocycles. The van der Waals surface area contributed by atoms with E-state index in [1.165, 1.54) is 0 Å². The lowest BCUT2D eigenvalue weighted by atomic mass is 9.74. The molecule has 0 fully saturated rings. The number of aromatic hydroxyl groups is 1. The van der Waals surface area contributed by atoms with Crippen LogP contribution in [-0.4, -0.2) is 11.4 Å². The Kier molecular flexibility index (Phi) is 5.61. The predicted molar refractivity (Wildman–Crippen MR) is 89.4 cm³/mol. The van der Waals surface area contributed by atoms with Crippen LogP contribution in [0.1, 0.15) is 88.7 Å². The molecule has 0 spiro atoms. The van der Waals surface area contributed by atoms with Crippen LogP contribution in [-0.2, 0) is 10.8 Å². The number of carbonyl (C=O) groups is 1. The first-order valence-corrected chi connectivity index (χ1v) is 8.02. The van der Waals surface area contributed by atoms with Crippen LogP contribution >= 0.6 is 0 Å². The Morgan fingerprint density at radius 1 is 1.05 bits per heavy atom. The van der Waals surface area contributed by atoms with E-state index >= 15 is 0 Å². The number of aldehydes is 1. The number of benzene rings is 1. The molecule has 2 nitrogen and oxygen atoms in total. The Morgan fingerprint density at radius 2 is 1.57 bits per heavy atom. The van der Waals surface area contributed by atoms with Gasteiger partial charge in [-0.15, -0.1) is 0 Å². The van der Waals surface area contributed by atoms with E-state index in [1.807, 2.05) is 12.1 Å². The van der Waals surface area contributed by atoms with Crippen LogP contribution in [0.2, 0.25) is 0 Å². The van der Waals surface area contributed by atoms with Gasteiger partial charge in [0.15, 0.2) is 0 Å². The summed E-state index contributed by atoms with van der Waals surface area (Å²) < 4.78 is 0. The quantitative estimate of drug-likeness (QED) is 0.686. The van der Waals surface area contributed by atoms with E-state index in [0.717, 1.165) is 43.1 Å². The maximum atomic E-state index is 11.3. The molecule has 118 valence electrons. The number of rotatable bonds is 7. The third kappa shape index (κ3) is 3.87. The molecule has 0 radical (unpaired) electrons. The second-order valence-electron chi connectivity index (χ2n) is 7.31. The molecular weight excluding hydrogens is 260 g/mol. The van der Waals surface area contributed by atoms with Crippen molar-refractivity contribution < 1.29 is 9.90 Å². The molecule has 0 saturated heterocycles. The molecule has 21 heavy (non-hydrogen) atoms. The first kappa shape index (κ1) is 17.7. The Bertz CT molecular complexity index is 499. The maximum absolute atomic E-state index is 11.3. The van der Waals surface area contributed by atoms with Gasteiger partial charge in [0.2, 0.25) is 0 Å². The molecule has 0 saturated carbocycles. The molecule has 0 heterocycles. The van der Waals surface area contributed by atoms with Crippen LogP contribution in [0.4, 0.5) is 0 Å². The van der Waals surface area contributed by atoms with Crippen molar-refractivity contribution in [3.05, 3.63) is 28.8 Å². The maximum Gasteiger partial charge on any atom is 0.150 e. The lowest BCUT2D eigenvalue weighted by Crippen LogP contribution is -2.22. The summed E-state index contributed by atoms with van der Waals surface area (Å²) in [6.07, 6.45) is 5.05. The van der Waals surface area contributed by atoms with Gasteiger partial charge in [-0.1, -0.05) is 54.4 Å². The molecule has 0 aliphatic heterocycles. The van der Waals surface area contributed by atoms with Crippen molar-refractivity contribution in [3.8, 4) is 5.75 Å². The standard InChI is InChI=1S/C19H30O2/c1-7-9-10-19(5,6)16-12-14(13-20)11-15(17(16)21)18(3,4)8-2/h11-13,21H,7-10H2,1-6H3. The third-order valence-electron chi connectivity index (χ3n) is 4.77. The fourth-order valence-electron chi connectivity index (χ4n) is 2.70. The first-order valence-electron chi connectivity index (χ1n) is 8.02. The van der Waals surface area contributed by atoms with E-state index in [2.05, 4.69) is 41.5 Å². The summed E-state index contributed by atoms with van der Waals surface area (Å²) in [5.74, 6) is 0.369. The van der Waals surface area contributed by atoms with Crippen LogP contribution < -0.4 is 0 Å². The van der Waals surface area contributed by atoms with Gasteiger partial charge < -0.3 is 5.11 Å². The molecular formula is C19H30O2. The van der Waals surface area contributed by atoms with Crippen molar-refractivity contribution >= 4 is 6.29 Å². The predicted octanol–water partition coefficient (Wildman–Crippen LogP) is 5.36. The van der Waals surface area contributed by atoms with Crippen LogP contribution in [0, 0.1) is 0 Å². The van der Waals surface area contributed by atoms with E-state index in [1.54, 1.807) is 0 Å². The SMILES string of the molecule is CCCCC(C)(C)c1cc(C=O)cc(C(C)(C)CC)c1O. The highest BCUT2D eigenvalue weighted by atomic mass is 16.3. The average molecular weight is 290 g/mol.